The molecule has 0 heterocycles. The Morgan fingerprint density at radius 3 is 1.65 bits per heavy atom. The number of unbranched alkanes of at least 4 members (excludes halogenated alkanes) is 2. The van der Waals surface area contributed by atoms with Crippen molar-refractivity contribution in [3.8, 4) is 0 Å². The summed E-state index contributed by atoms with van der Waals surface area (Å²) in [7, 11) is 0. The highest BCUT2D eigenvalue weighted by molar-refractivity contribution is 5.39. The van der Waals surface area contributed by atoms with Crippen LogP contribution in [0.5, 0.6) is 0 Å². The molecule has 0 aliphatic carbocycles. The molecule has 0 aromatic heterocycles. The molecule has 0 bridgehead atoms. The smallest absolute Gasteiger partial charge is 0.0209 e. The summed E-state index contributed by atoms with van der Waals surface area (Å²) in [5.74, 6) is 1.61. The monoisotopic (exact) mass is 603 g/mol. The number of allylic oxidation sites excluding steroid dienone is 4. The maximum atomic E-state index is 4.01. The minimum Gasteiger partial charge on any atom is -0.103 e. The Kier molecular flexibility index (Phi) is 56.3. The predicted octanol–water partition coefficient (Wildman–Crippen LogP) is 16.0. The molecule has 0 heteroatoms. The quantitative estimate of drug-likeness (QED) is 0.156. The summed E-state index contributed by atoms with van der Waals surface area (Å²) in [6.07, 6.45) is 18.0. The van der Waals surface area contributed by atoms with Crippen molar-refractivity contribution in [2.45, 2.75) is 195 Å². The van der Waals surface area contributed by atoms with Crippen molar-refractivity contribution in [2.75, 3.05) is 0 Å². The summed E-state index contributed by atoms with van der Waals surface area (Å²) in [4.78, 5) is 0. The van der Waals surface area contributed by atoms with Gasteiger partial charge in [0.1, 0.15) is 0 Å². The fourth-order valence-corrected chi connectivity index (χ4v) is 3.99. The molecule has 1 aromatic carbocycles. The molecule has 0 aliphatic heterocycles. The summed E-state index contributed by atoms with van der Waals surface area (Å²) >= 11 is 0. The lowest BCUT2D eigenvalue weighted by Gasteiger charge is -2.18. The Labute approximate surface area is 277 Å². The van der Waals surface area contributed by atoms with Gasteiger partial charge in [-0.3, -0.25) is 0 Å². The van der Waals surface area contributed by atoms with E-state index in [1.807, 2.05) is 47.6 Å². The van der Waals surface area contributed by atoms with Crippen LogP contribution in [-0.2, 0) is 12.8 Å². The van der Waals surface area contributed by atoms with Gasteiger partial charge in [0, 0.05) is 0 Å². The van der Waals surface area contributed by atoms with Gasteiger partial charge in [-0.1, -0.05) is 165 Å². The van der Waals surface area contributed by atoms with Crippen LogP contribution in [0.1, 0.15) is 191 Å². The first-order chi connectivity index (χ1) is 20.5. The van der Waals surface area contributed by atoms with Crippen LogP contribution in [0, 0.1) is 25.7 Å². The van der Waals surface area contributed by atoms with E-state index in [-0.39, 0.29) is 0 Å². The molecule has 0 spiro atoms. The van der Waals surface area contributed by atoms with Crippen LogP contribution in [-0.4, -0.2) is 0 Å². The number of hydrogen-bond donors (Lipinski definition) is 0. The molecular weight excluding hydrogens is 516 g/mol. The Bertz CT molecular complexity index is 703. The first kappa shape index (κ1) is 54.0. The molecule has 0 nitrogen and oxygen atoms in total. The Morgan fingerprint density at radius 2 is 1.33 bits per heavy atom. The standard InChI is InChI=1S/C13H20.C11H22.C9H18.C4H8.3C2H6/c1-5-7-12-9-8-10(3)11(4)13(12)6-2;1-6-10(5)8-11(7-2)9(3)4;1-4-6-7-8-9(3)5-2;1-3-4-2;3*1-2/h8-9H,5-7H2,1-4H3;10-11H,3,6-8H2,1-2,4-5H3;8H,4-7H2,1-3H3;3H,1,4H2,2H3;3*1-2H3/b;;9-8+;;;;. The molecule has 0 amide bonds. The Balaban J connectivity index is -0.000000105. The van der Waals surface area contributed by atoms with Crippen molar-refractivity contribution in [3.05, 3.63) is 70.8 Å². The van der Waals surface area contributed by atoms with E-state index in [4.69, 9.17) is 0 Å². The lowest BCUT2D eigenvalue weighted by atomic mass is 9.88. The van der Waals surface area contributed by atoms with Crippen LogP contribution in [0.25, 0.3) is 0 Å². The van der Waals surface area contributed by atoms with Crippen molar-refractivity contribution in [2.24, 2.45) is 11.8 Å². The van der Waals surface area contributed by atoms with Gasteiger partial charge in [0.25, 0.3) is 0 Å². The Morgan fingerprint density at radius 1 is 0.814 bits per heavy atom. The normalized spacial score (nSPS) is 10.8. The van der Waals surface area contributed by atoms with Gasteiger partial charge in [0.2, 0.25) is 0 Å². The van der Waals surface area contributed by atoms with Crippen LogP contribution in [0.15, 0.2) is 48.6 Å². The average molecular weight is 603 g/mol. The maximum Gasteiger partial charge on any atom is -0.0209 e. The minimum atomic E-state index is 0.755. The van der Waals surface area contributed by atoms with Crippen molar-refractivity contribution in [1.29, 1.82) is 0 Å². The third-order valence-corrected chi connectivity index (χ3v) is 7.31. The summed E-state index contributed by atoms with van der Waals surface area (Å²) in [5, 5.41) is 0. The first-order valence-corrected chi connectivity index (χ1v) is 18.5. The summed E-state index contributed by atoms with van der Waals surface area (Å²) in [6, 6.07) is 4.55. The van der Waals surface area contributed by atoms with Gasteiger partial charge in [-0.25, -0.2) is 0 Å². The molecule has 1 aromatic rings. The predicted molar refractivity (Wildman–Crippen MR) is 210 cm³/mol. The molecule has 0 radical (unpaired) electrons. The second kappa shape index (κ2) is 44.9. The number of aryl methyl sites for hydroxylation is 2. The van der Waals surface area contributed by atoms with Gasteiger partial charge in [0.15, 0.2) is 0 Å². The Hall–Kier alpha value is -1.56. The fourth-order valence-electron chi connectivity index (χ4n) is 3.99. The van der Waals surface area contributed by atoms with Crippen LogP contribution in [0.2, 0.25) is 0 Å². The van der Waals surface area contributed by atoms with E-state index in [2.05, 4.69) is 114 Å². The van der Waals surface area contributed by atoms with Crippen LogP contribution in [0.3, 0.4) is 0 Å². The summed E-state index contributed by atoms with van der Waals surface area (Å²) in [6.45, 7) is 46.1. The molecule has 2 atom stereocenters. The van der Waals surface area contributed by atoms with Gasteiger partial charge in [-0.05, 0) is 107 Å². The molecule has 258 valence electrons. The molecule has 0 N–H and O–H groups in total. The molecule has 0 saturated carbocycles. The lowest BCUT2D eigenvalue weighted by Crippen LogP contribution is -2.05. The average Bonchev–Trinajstić information content (AvgIpc) is 3.05. The van der Waals surface area contributed by atoms with Crippen LogP contribution in [0.4, 0.5) is 0 Å². The van der Waals surface area contributed by atoms with Gasteiger partial charge < -0.3 is 0 Å². The second-order valence-corrected chi connectivity index (χ2v) is 10.7. The van der Waals surface area contributed by atoms with Crippen LogP contribution < -0.4 is 0 Å². The zero-order valence-electron chi connectivity index (χ0n) is 33.7. The number of benzene rings is 1. The van der Waals surface area contributed by atoms with E-state index >= 15 is 0 Å². The molecule has 43 heavy (non-hydrogen) atoms. The molecular formula is C43H86. The van der Waals surface area contributed by atoms with E-state index < -0.39 is 0 Å². The van der Waals surface area contributed by atoms with Gasteiger partial charge in [0.05, 0.1) is 0 Å². The van der Waals surface area contributed by atoms with E-state index in [0.29, 0.717) is 0 Å². The lowest BCUT2D eigenvalue weighted by molar-refractivity contribution is 0.414. The maximum absolute atomic E-state index is 4.01. The first-order valence-electron chi connectivity index (χ1n) is 18.5. The molecule has 0 saturated heterocycles. The second-order valence-electron chi connectivity index (χ2n) is 10.7. The van der Waals surface area contributed by atoms with Crippen LogP contribution >= 0.6 is 0 Å². The third-order valence-electron chi connectivity index (χ3n) is 7.31. The van der Waals surface area contributed by atoms with Crippen molar-refractivity contribution in [3.63, 3.8) is 0 Å². The third kappa shape index (κ3) is 36.5. The van der Waals surface area contributed by atoms with Gasteiger partial charge in [-0.2, -0.15) is 0 Å². The largest absolute Gasteiger partial charge is 0.103 e. The zero-order chi connectivity index (χ0) is 35.2. The minimum absolute atomic E-state index is 0.755. The number of rotatable bonds is 13. The highest BCUT2D eigenvalue weighted by Gasteiger charge is 2.10. The van der Waals surface area contributed by atoms with E-state index in [1.165, 1.54) is 86.5 Å². The van der Waals surface area contributed by atoms with E-state index in [0.717, 1.165) is 18.3 Å². The molecule has 0 aliphatic rings. The van der Waals surface area contributed by atoms with Gasteiger partial charge >= 0.3 is 0 Å². The highest BCUT2D eigenvalue weighted by Crippen LogP contribution is 2.23. The van der Waals surface area contributed by atoms with Crippen molar-refractivity contribution < 1.29 is 0 Å². The van der Waals surface area contributed by atoms with Crippen molar-refractivity contribution >= 4 is 0 Å². The number of hydrogen-bond acceptors (Lipinski definition) is 0. The topological polar surface area (TPSA) is 0 Å². The SMILES string of the molecule is C=C(C)C(CC)CC(C)CC.C=CCC.CC.CC.CC.CCCC/C=C(\C)CC.CCCc1ccc(C)c(C)c1CC. The van der Waals surface area contributed by atoms with E-state index in [1.54, 1.807) is 11.1 Å². The molecule has 2 unspecified atom stereocenters. The summed E-state index contributed by atoms with van der Waals surface area (Å²) in [5.41, 5.74) is 8.93. The molecule has 0 fully saturated rings. The highest BCUT2D eigenvalue weighted by atomic mass is 14.2. The fraction of sp³-hybridized carbons (Fsp3) is 0.721. The van der Waals surface area contributed by atoms with Gasteiger partial charge in [-0.15, -0.1) is 6.58 Å². The zero-order valence-corrected chi connectivity index (χ0v) is 33.7. The van der Waals surface area contributed by atoms with E-state index in [9.17, 15) is 0 Å². The summed E-state index contributed by atoms with van der Waals surface area (Å²) < 4.78 is 0. The van der Waals surface area contributed by atoms with Crippen molar-refractivity contribution in [1.82, 2.24) is 0 Å². The molecule has 1 rings (SSSR count).